The van der Waals surface area contributed by atoms with Crippen LogP contribution in [0.3, 0.4) is 0 Å². The van der Waals surface area contributed by atoms with Crippen molar-refractivity contribution in [2.24, 2.45) is 11.5 Å². The number of carboxylic acids is 1. The molecule has 0 spiro atoms. The Morgan fingerprint density at radius 2 is 2.16 bits per heavy atom. The largest absolute Gasteiger partial charge is 0.480 e. The Morgan fingerprint density at radius 1 is 1.47 bits per heavy atom. The molecule has 0 radical (unpaired) electrons. The number of carbonyl (C=O) groups is 3. The number of rotatable bonds is 7. The molecule has 0 bridgehead atoms. The average molecular weight is 269 g/mol. The number of hydrogen-bond acceptors (Lipinski definition) is 5. The normalized spacial score (nSPS) is 13.5. The van der Waals surface area contributed by atoms with Crippen LogP contribution in [-0.2, 0) is 20.8 Å². The van der Waals surface area contributed by atoms with Crippen LogP contribution in [0.2, 0.25) is 0 Å². The van der Waals surface area contributed by atoms with Crippen molar-refractivity contribution in [1.82, 2.24) is 15.3 Å². The van der Waals surface area contributed by atoms with Crippen LogP contribution < -0.4 is 16.8 Å². The number of nitrogens with two attached hydrogens (primary N) is 2. The lowest BCUT2D eigenvalue weighted by Crippen LogP contribution is -2.50. The molecule has 9 heteroatoms. The monoisotopic (exact) mass is 269 g/mol. The second-order valence-electron chi connectivity index (χ2n) is 3.94. The fourth-order valence-corrected chi connectivity index (χ4v) is 1.40. The third kappa shape index (κ3) is 4.76. The maximum atomic E-state index is 11.6. The van der Waals surface area contributed by atoms with E-state index in [-0.39, 0.29) is 12.8 Å². The van der Waals surface area contributed by atoms with E-state index in [1.54, 1.807) is 0 Å². The van der Waals surface area contributed by atoms with Gasteiger partial charge in [0, 0.05) is 12.6 Å². The van der Waals surface area contributed by atoms with Crippen molar-refractivity contribution in [3.05, 3.63) is 18.2 Å². The SMILES string of the molecule is NC(=O)C[C@H](N)C(=O)N[C@@H](Cc1c[nH]cn1)C(=O)O. The summed E-state index contributed by atoms with van der Waals surface area (Å²) < 4.78 is 0. The molecule has 0 aliphatic carbocycles. The Bertz CT molecular complexity index is 458. The molecule has 1 heterocycles. The van der Waals surface area contributed by atoms with Crippen molar-refractivity contribution >= 4 is 17.8 Å². The van der Waals surface area contributed by atoms with Crippen LogP contribution in [0.5, 0.6) is 0 Å². The van der Waals surface area contributed by atoms with Crippen LogP contribution >= 0.6 is 0 Å². The zero-order valence-corrected chi connectivity index (χ0v) is 10.00. The zero-order chi connectivity index (χ0) is 14.4. The van der Waals surface area contributed by atoms with Crippen molar-refractivity contribution in [3.8, 4) is 0 Å². The van der Waals surface area contributed by atoms with Crippen LogP contribution in [-0.4, -0.2) is 44.9 Å². The van der Waals surface area contributed by atoms with E-state index in [2.05, 4.69) is 15.3 Å². The van der Waals surface area contributed by atoms with E-state index in [1.807, 2.05) is 0 Å². The highest BCUT2D eigenvalue weighted by atomic mass is 16.4. The smallest absolute Gasteiger partial charge is 0.326 e. The highest BCUT2D eigenvalue weighted by Gasteiger charge is 2.24. The molecule has 104 valence electrons. The molecule has 1 rings (SSSR count). The van der Waals surface area contributed by atoms with E-state index < -0.39 is 29.9 Å². The molecule has 1 aromatic rings. The van der Waals surface area contributed by atoms with Gasteiger partial charge in [0.15, 0.2) is 0 Å². The molecular weight excluding hydrogens is 254 g/mol. The maximum Gasteiger partial charge on any atom is 0.326 e. The fourth-order valence-electron chi connectivity index (χ4n) is 1.40. The first-order chi connectivity index (χ1) is 8.90. The van der Waals surface area contributed by atoms with Gasteiger partial charge in [0.05, 0.1) is 24.5 Å². The lowest BCUT2D eigenvalue weighted by molar-refractivity contribution is -0.142. The van der Waals surface area contributed by atoms with Gasteiger partial charge in [0.25, 0.3) is 0 Å². The molecule has 0 unspecified atom stereocenters. The quantitative estimate of drug-likeness (QED) is 0.374. The number of carboxylic acid groups (broad SMARTS) is 1. The summed E-state index contributed by atoms with van der Waals surface area (Å²) in [5, 5.41) is 11.2. The number of carbonyl (C=O) groups excluding carboxylic acids is 2. The van der Waals surface area contributed by atoms with Gasteiger partial charge in [0.1, 0.15) is 6.04 Å². The summed E-state index contributed by atoms with van der Waals surface area (Å²) in [5.41, 5.74) is 10.8. The average Bonchev–Trinajstić information content (AvgIpc) is 2.79. The molecule has 2 atom stereocenters. The number of amides is 2. The molecule has 0 aliphatic rings. The van der Waals surface area contributed by atoms with Crippen molar-refractivity contribution in [1.29, 1.82) is 0 Å². The first kappa shape index (κ1) is 14.6. The van der Waals surface area contributed by atoms with Crippen molar-refractivity contribution in [2.75, 3.05) is 0 Å². The molecule has 9 nitrogen and oxygen atoms in total. The second-order valence-corrected chi connectivity index (χ2v) is 3.94. The minimum Gasteiger partial charge on any atom is -0.480 e. The molecule has 0 aliphatic heterocycles. The van der Waals surface area contributed by atoms with Crippen molar-refractivity contribution in [3.63, 3.8) is 0 Å². The number of H-pyrrole nitrogens is 1. The minimum absolute atomic E-state index is 0.00780. The summed E-state index contributed by atoms with van der Waals surface area (Å²) in [6, 6.07) is -2.34. The van der Waals surface area contributed by atoms with Gasteiger partial charge >= 0.3 is 5.97 Å². The molecule has 1 aromatic heterocycles. The molecule has 0 aromatic carbocycles. The van der Waals surface area contributed by atoms with E-state index in [0.29, 0.717) is 5.69 Å². The standard InChI is InChI=1S/C10H15N5O4/c11-6(2-8(12)16)9(17)15-7(10(18)19)1-5-3-13-4-14-5/h3-4,6-7H,1-2,11H2,(H2,12,16)(H,13,14)(H,15,17)(H,18,19)/t6-,7-/m0/s1. The van der Waals surface area contributed by atoms with Gasteiger partial charge in [-0.2, -0.15) is 0 Å². The number of primary amides is 1. The van der Waals surface area contributed by atoms with Gasteiger partial charge in [-0.05, 0) is 0 Å². The minimum atomic E-state index is -1.22. The number of nitrogens with one attached hydrogen (secondary N) is 2. The molecule has 0 fully saturated rings. The number of aliphatic carboxylic acids is 1. The topological polar surface area (TPSA) is 164 Å². The van der Waals surface area contributed by atoms with Gasteiger partial charge in [-0.1, -0.05) is 0 Å². The Morgan fingerprint density at radius 3 is 2.63 bits per heavy atom. The maximum absolute atomic E-state index is 11.6. The highest BCUT2D eigenvalue weighted by molar-refractivity contribution is 5.90. The predicted molar refractivity (Wildman–Crippen MR) is 63.6 cm³/mol. The second kappa shape index (κ2) is 6.50. The number of imidazole rings is 1. The number of aromatic amines is 1. The first-order valence-electron chi connectivity index (χ1n) is 5.45. The van der Waals surface area contributed by atoms with Crippen LogP contribution in [0.25, 0.3) is 0 Å². The molecule has 7 N–H and O–H groups in total. The van der Waals surface area contributed by atoms with Crippen LogP contribution in [0.15, 0.2) is 12.5 Å². The van der Waals surface area contributed by atoms with Crippen LogP contribution in [0, 0.1) is 0 Å². The van der Waals surface area contributed by atoms with E-state index in [9.17, 15) is 14.4 Å². The van der Waals surface area contributed by atoms with Crippen molar-refractivity contribution in [2.45, 2.75) is 24.9 Å². The van der Waals surface area contributed by atoms with E-state index in [4.69, 9.17) is 16.6 Å². The zero-order valence-electron chi connectivity index (χ0n) is 10.00. The molecule has 19 heavy (non-hydrogen) atoms. The van der Waals surface area contributed by atoms with Gasteiger partial charge < -0.3 is 26.9 Å². The Balaban J connectivity index is 2.61. The molecule has 0 saturated heterocycles. The summed E-state index contributed by atoms with van der Waals surface area (Å²) >= 11 is 0. The van der Waals surface area contributed by atoms with E-state index in [0.717, 1.165) is 0 Å². The Hall–Kier alpha value is -2.42. The van der Waals surface area contributed by atoms with Gasteiger partial charge in [-0.3, -0.25) is 9.59 Å². The molecule has 2 amide bonds. The third-order valence-electron chi connectivity index (χ3n) is 2.34. The van der Waals surface area contributed by atoms with Gasteiger partial charge in [-0.25, -0.2) is 9.78 Å². The number of hydrogen-bond donors (Lipinski definition) is 5. The lowest BCUT2D eigenvalue weighted by Gasteiger charge is -2.16. The Labute approximate surface area is 108 Å². The Kier molecular flexibility index (Phi) is 5.01. The summed E-state index contributed by atoms with van der Waals surface area (Å²) in [6.45, 7) is 0. The summed E-state index contributed by atoms with van der Waals surface area (Å²) in [4.78, 5) is 39.8. The van der Waals surface area contributed by atoms with Crippen molar-refractivity contribution < 1.29 is 19.5 Å². The third-order valence-corrected chi connectivity index (χ3v) is 2.34. The van der Waals surface area contributed by atoms with Crippen LogP contribution in [0.1, 0.15) is 12.1 Å². The van der Waals surface area contributed by atoms with E-state index >= 15 is 0 Å². The predicted octanol–water partition coefficient (Wildman–Crippen LogP) is -2.28. The number of aromatic nitrogens is 2. The summed E-state index contributed by atoms with van der Waals surface area (Å²) in [6.07, 6.45) is 2.58. The van der Waals surface area contributed by atoms with Crippen LogP contribution in [0.4, 0.5) is 0 Å². The van der Waals surface area contributed by atoms with Gasteiger partial charge in [0.2, 0.25) is 11.8 Å². The van der Waals surface area contributed by atoms with E-state index in [1.165, 1.54) is 12.5 Å². The van der Waals surface area contributed by atoms with Gasteiger partial charge in [-0.15, -0.1) is 0 Å². The summed E-state index contributed by atoms with van der Waals surface area (Å²) in [5.74, 6) is -2.70. The lowest BCUT2D eigenvalue weighted by atomic mass is 10.1. The summed E-state index contributed by atoms with van der Waals surface area (Å²) in [7, 11) is 0. The fraction of sp³-hybridized carbons (Fsp3) is 0.400. The highest BCUT2D eigenvalue weighted by Crippen LogP contribution is 2.00. The first-order valence-corrected chi connectivity index (χ1v) is 5.45. The molecular formula is C10H15N5O4. The molecule has 0 saturated carbocycles. The number of nitrogens with zero attached hydrogens (tertiary/aromatic N) is 1.